The van der Waals surface area contributed by atoms with Gasteiger partial charge in [-0.25, -0.2) is 10.2 Å². The number of carbonyl (C=O) groups is 3. The third-order valence-corrected chi connectivity index (χ3v) is 7.97. The molecule has 2 N–H and O–H groups in total. The first-order valence-electron chi connectivity index (χ1n) is 11.9. The first-order chi connectivity index (χ1) is 18.8. The number of anilines is 1. The molecule has 4 rings (SSSR count). The number of amides is 2. The fraction of sp³-hybridized carbons (Fsp3) is 0.259. The van der Waals surface area contributed by atoms with Crippen molar-refractivity contribution >= 4 is 67.9 Å². The summed E-state index contributed by atoms with van der Waals surface area (Å²) in [5.74, 6) is -1.53. The van der Waals surface area contributed by atoms with Crippen LogP contribution in [-0.4, -0.2) is 38.2 Å². The number of benzene rings is 2. The van der Waals surface area contributed by atoms with Crippen molar-refractivity contribution < 1.29 is 28.6 Å². The lowest BCUT2D eigenvalue weighted by Crippen LogP contribution is -2.32. The molecule has 12 heteroatoms. The summed E-state index contributed by atoms with van der Waals surface area (Å²) in [6, 6.07) is 10.7. The Morgan fingerprint density at radius 3 is 2.56 bits per heavy atom. The molecule has 2 aromatic carbocycles. The number of methoxy groups -OCH3 is 2. The fourth-order valence-corrected chi connectivity index (χ4v) is 6.01. The number of thiophene rings is 1. The zero-order valence-corrected chi connectivity index (χ0v) is 24.3. The zero-order chi connectivity index (χ0) is 27.9. The number of halogens is 2. The summed E-state index contributed by atoms with van der Waals surface area (Å²) in [6.45, 7) is 0.301. The second-order valence-corrected chi connectivity index (χ2v) is 10.9. The van der Waals surface area contributed by atoms with Crippen LogP contribution < -0.4 is 20.2 Å². The molecule has 0 spiro atoms. The first-order valence-corrected chi connectivity index (χ1v) is 13.9. The van der Waals surface area contributed by atoms with Gasteiger partial charge in [-0.1, -0.05) is 23.7 Å². The molecule has 0 unspecified atom stereocenters. The lowest BCUT2D eigenvalue weighted by molar-refractivity contribution is -0.136. The van der Waals surface area contributed by atoms with Crippen LogP contribution in [0.5, 0.6) is 11.5 Å². The molecule has 1 aliphatic carbocycles. The average molecular weight is 635 g/mol. The molecule has 0 radical (unpaired) electrons. The van der Waals surface area contributed by atoms with E-state index >= 15 is 0 Å². The maximum Gasteiger partial charge on any atom is 0.341 e. The summed E-state index contributed by atoms with van der Waals surface area (Å²) in [5, 5.41) is 7.37. The number of nitrogens with zero attached hydrogens (tertiary/aromatic N) is 1. The largest absolute Gasteiger partial charge is 0.493 e. The SMILES string of the molecule is COC(=O)c1c(NC(=O)C(=O)N/N=C/c2cc(Br)c(OCc3ccc(Cl)cc3)c(OC)c2)sc2c1CCCC2. The van der Waals surface area contributed by atoms with Crippen LogP contribution in [0.2, 0.25) is 5.02 Å². The number of fused-ring (bicyclic) bond motifs is 1. The molecular formula is C27H25BrClN3O6S. The number of ether oxygens (including phenoxy) is 3. The second-order valence-electron chi connectivity index (χ2n) is 8.51. The van der Waals surface area contributed by atoms with E-state index in [0.29, 0.717) is 43.7 Å². The van der Waals surface area contributed by atoms with Gasteiger partial charge < -0.3 is 19.5 Å². The van der Waals surface area contributed by atoms with Crippen LogP contribution in [0.1, 0.15) is 44.8 Å². The molecule has 1 aliphatic rings. The predicted octanol–water partition coefficient (Wildman–Crippen LogP) is 5.51. The monoisotopic (exact) mass is 633 g/mol. The highest BCUT2D eigenvalue weighted by Crippen LogP contribution is 2.39. The Kier molecular flexibility index (Phi) is 9.60. The van der Waals surface area contributed by atoms with Crippen molar-refractivity contribution in [2.24, 2.45) is 5.10 Å². The van der Waals surface area contributed by atoms with Gasteiger partial charge in [0.25, 0.3) is 0 Å². The topological polar surface area (TPSA) is 115 Å². The lowest BCUT2D eigenvalue weighted by Gasteiger charge is -2.13. The maximum atomic E-state index is 12.5. The molecule has 0 saturated heterocycles. The van der Waals surface area contributed by atoms with Gasteiger partial charge in [-0.05, 0) is 82.6 Å². The quantitative estimate of drug-likeness (QED) is 0.146. The molecule has 204 valence electrons. The molecule has 3 aromatic rings. The number of hydrogen-bond donors (Lipinski definition) is 2. The normalized spacial score (nSPS) is 12.5. The van der Waals surface area contributed by atoms with Gasteiger partial charge in [0.05, 0.1) is 30.5 Å². The summed E-state index contributed by atoms with van der Waals surface area (Å²) in [4.78, 5) is 38.3. The van der Waals surface area contributed by atoms with Crippen molar-refractivity contribution in [3.05, 3.63) is 73.0 Å². The highest BCUT2D eigenvalue weighted by molar-refractivity contribution is 9.10. The van der Waals surface area contributed by atoms with Gasteiger partial charge >= 0.3 is 17.8 Å². The van der Waals surface area contributed by atoms with Gasteiger partial charge in [0.1, 0.15) is 11.6 Å². The van der Waals surface area contributed by atoms with E-state index in [0.717, 1.165) is 41.7 Å². The summed E-state index contributed by atoms with van der Waals surface area (Å²) in [5.41, 5.74) is 4.92. The molecule has 0 fully saturated rings. The minimum absolute atomic E-state index is 0.301. The molecule has 1 heterocycles. The molecule has 0 bridgehead atoms. The Morgan fingerprint density at radius 2 is 1.85 bits per heavy atom. The number of hydrazone groups is 1. The van der Waals surface area contributed by atoms with Gasteiger partial charge in [-0.15, -0.1) is 11.3 Å². The summed E-state index contributed by atoms with van der Waals surface area (Å²) < 4.78 is 16.9. The van der Waals surface area contributed by atoms with Crippen molar-refractivity contribution in [1.82, 2.24) is 5.43 Å². The average Bonchev–Trinajstić information content (AvgIpc) is 3.30. The smallest absolute Gasteiger partial charge is 0.341 e. The van der Waals surface area contributed by atoms with Crippen molar-refractivity contribution in [2.45, 2.75) is 32.3 Å². The number of nitrogens with one attached hydrogen (secondary N) is 2. The van der Waals surface area contributed by atoms with Crippen LogP contribution in [0.15, 0.2) is 46.0 Å². The van der Waals surface area contributed by atoms with Crippen LogP contribution in [-0.2, 0) is 33.8 Å². The standard InChI is InChI=1S/C27H25BrClN3O6S/c1-36-20-12-16(11-19(28)23(20)38-14-15-7-9-17(29)10-8-15)13-30-32-25(34)24(33)31-26-22(27(35)37-2)18-5-3-4-6-21(18)39-26/h7-13H,3-6,14H2,1-2H3,(H,31,33)(H,32,34)/b30-13+. The first kappa shape index (κ1) is 28.6. The Morgan fingerprint density at radius 1 is 1.10 bits per heavy atom. The van der Waals surface area contributed by atoms with E-state index in [2.05, 4.69) is 31.8 Å². The number of rotatable bonds is 8. The molecule has 39 heavy (non-hydrogen) atoms. The molecule has 2 amide bonds. The lowest BCUT2D eigenvalue weighted by atomic mass is 9.95. The van der Waals surface area contributed by atoms with E-state index < -0.39 is 17.8 Å². The molecule has 1 aromatic heterocycles. The van der Waals surface area contributed by atoms with Gasteiger partial charge in [-0.3, -0.25) is 9.59 Å². The van der Waals surface area contributed by atoms with Crippen molar-refractivity contribution in [1.29, 1.82) is 0 Å². The van der Waals surface area contributed by atoms with Crippen LogP contribution in [0.4, 0.5) is 5.00 Å². The van der Waals surface area contributed by atoms with Crippen LogP contribution in [0.3, 0.4) is 0 Å². The second kappa shape index (κ2) is 13.1. The highest BCUT2D eigenvalue weighted by atomic mass is 79.9. The third-order valence-electron chi connectivity index (χ3n) is 5.92. The fourth-order valence-electron chi connectivity index (χ4n) is 4.04. The molecule has 0 aliphatic heterocycles. The summed E-state index contributed by atoms with van der Waals surface area (Å²) in [6.07, 6.45) is 4.87. The van der Waals surface area contributed by atoms with E-state index in [4.69, 9.17) is 25.8 Å². The number of esters is 1. The van der Waals surface area contributed by atoms with Crippen LogP contribution >= 0.6 is 38.9 Å². The van der Waals surface area contributed by atoms with Crippen molar-refractivity contribution in [2.75, 3.05) is 19.5 Å². The number of carbonyl (C=O) groups excluding carboxylic acids is 3. The minimum atomic E-state index is -0.984. The van der Waals surface area contributed by atoms with E-state index in [-0.39, 0.29) is 0 Å². The van der Waals surface area contributed by atoms with Crippen molar-refractivity contribution in [3.63, 3.8) is 0 Å². The minimum Gasteiger partial charge on any atom is -0.493 e. The van der Waals surface area contributed by atoms with Gasteiger partial charge in [0, 0.05) is 9.90 Å². The molecule has 0 saturated carbocycles. The molecular weight excluding hydrogens is 610 g/mol. The molecule has 9 nitrogen and oxygen atoms in total. The van der Waals surface area contributed by atoms with E-state index in [9.17, 15) is 14.4 Å². The van der Waals surface area contributed by atoms with Crippen LogP contribution in [0, 0.1) is 0 Å². The zero-order valence-electron chi connectivity index (χ0n) is 21.1. The Balaban J connectivity index is 1.40. The summed E-state index contributed by atoms with van der Waals surface area (Å²) >= 11 is 10.7. The van der Waals surface area contributed by atoms with E-state index in [1.54, 1.807) is 24.3 Å². The van der Waals surface area contributed by atoms with Gasteiger partial charge in [0.2, 0.25) is 0 Å². The predicted molar refractivity (Wildman–Crippen MR) is 153 cm³/mol. The Labute approximate surface area is 242 Å². The van der Waals surface area contributed by atoms with Crippen molar-refractivity contribution in [3.8, 4) is 11.5 Å². The van der Waals surface area contributed by atoms with E-state index in [1.807, 2.05) is 12.1 Å². The number of aryl methyl sites for hydroxylation is 1. The summed E-state index contributed by atoms with van der Waals surface area (Å²) in [7, 11) is 2.79. The maximum absolute atomic E-state index is 12.5. The molecule has 0 atom stereocenters. The number of hydrogen-bond acceptors (Lipinski definition) is 8. The Hall–Kier alpha value is -3.41. The third kappa shape index (κ3) is 6.97. The van der Waals surface area contributed by atoms with E-state index in [1.165, 1.54) is 31.8 Å². The van der Waals surface area contributed by atoms with Gasteiger partial charge in [-0.2, -0.15) is 5.10 Å². The van der Waals surface area contributed by atoms with Gasteiger partial charge in [0.15, 0.2) is 11.5 Å². The Bertz CT molecular complexity index is 1420. The van der Waals surface area contributed by atoms with Crippen LogP contribution in [0.25, 0.3) is 0 Å². The highest BCUT2D eigenvalue weighted by Gasteiger charge is 2.28.